The average Bonchev–Trinajstić information content (AvgIpc) is 3.15. The van der Waals surface area contributed by atoms with Crippen molar-refractivity contribution in [3.05, 3.63) is 53.6 Å². The van der Waals surface area contributed by atoms with Gasteiger partial charge in [0, 0.05) is 18.8 Å². The fourth-order valence-electron chi connectivity index (χ4n) is 3.44. The Hall–Kier alpha value is -2.33. The summed E-state index contributed by atoms with van der Waals surface area (Å²) in [6, 6.07) is 14.4. The molecule has 2 N–H and O–H groups in total. The summed E-state index contributed by atoms with van der Waals surface area (Å²) in [4.78, 5) is 14.0. The van der Waals surface area contributed by atoms with Gasteiger partial charge in [0.2, 0.25) is 0 Å². The number of benzene rings is 2. The number of nitrogens with zero attached hydrogens (tertiary/aromatic N) is 1. The fourth-order valence-corrected chi connectivity index (χ4v) is 3.44. The zero-order valence-corrected chi connectivity index (χ0v) is 14.2. The van der Waals surface area contributed by atoms with Crippen molar-refractivity contribution in [2.45, 2.75) is 25.8 Å². The van der Waals surface area contributed by atoms with Gasteiger partial charge >= 0.3 is 5.97 Å². The largest absolute Gasteiger partial charge is 0.478 e. The van der Waals surface area contributed by atoms with Crippen LogP contribution in [-0.4, -0.2) is 36.1 Å². The van der Waals surface area contributed by atoms with Gasteiger partial charge in [0.25, 0.3) is 0 Å². The lowest BCUT2D eigenvalue weighted by molar-refractivity contribution is 0.0698. The molecule has 4 heteroatoms. The minimum Gasteiger partial charge on any atom is -0.478 e. The van der Waals surface area contributed by atoms with Gasteiger partial charge in [-0.25, -0.2) is 4.79 Å². The topological polar surface area (TPSA) is 52.6 Å². The molecule has 1 aliphatic heterocycles. The molecule has 0 radical (unpaired) electrons. The second-order valence-corrected chi connectivity index (χ2v) is 6.36. The summed E-state index contributed by atoms with van der Waals surface area (Å²) >= 11 is 0. The van der Waals surface area contributed by atoms with E-state index < -0.39 is 5.97 Å². The first-order chi connectivity index (χ1) is 11.6. The zero-order chi connectivity index (χ0) is 17.1. The number of aromatic carboxylic acids is 1. The van der Waals surface area contributed by atoms with Crippen LogP contribution in [0.3, 0.4) is 0 Å². The Morgan fingerprint density at radius 2 is 1.83 bits per heavy atom. The first kappa shape index (κ1) is 16.5. The molecule has 1 aliphatic rings. The summed E-state index contributed by atoms with van der Waals surface area (Å²) < 4.78 is 0. The van der Waals surface area contributed by atoms with Crippen molar-refractivity contribution in [2.75, 3.05) is 25.5 Å². The number of likely N-dealkylation sites (tertiary alicyclic amines) is 1. The van der Waals surface area contributed by atoms with Crippen molar-refractivity contribution >= 4 is 11.7 Å². The van der Waals surface area contributed by atoms with E-state index in [1.54, 1.807) is 13.1 Å². The molecular weight excluding hydrogens is 300 g/mol. The SMILES string of the molecule is CNc1ccc(-c2cccc([C@@H](C)N3CCCC3)c2)cc1C(=O)O. The molecule has 0 amide bonds. The van der Waals surface area contributed by atoms with Crippen LogP contribution in [0, 0.1) is 0 Å². The lowest BCUT2D eigenvalue weighted by atomic mass is 9.97. The summed E-state index contributed by atoms with van der Waals surface area (Å²) in [7, 11) is 1.74. The van der Waals surface area contributed by atoms with E-state index in [4.69, 9.17) is 0 Å². The van der Waals surface area contributed by atoms with Crippen LogP contribution in [0.25, 0.3) is 11.1 Å². The van der Waals surface area contributed by atoms with Crippen LogP contribution in [0.2, 0.25) is 0 Å². The minimum absolute atomic E-state index is 0.299. The fraction of sp³-hybridized carbons (Fsp3) is 0.350. The number of anilines is 1. The van der Waals surface area contributed by atoms with Crippen LogP contribution in [0.5, 0.6) is 0 Å². The van der Waals surface area contributed by atoms with Crippen LogP contribution in [0.15, 0.2) is 42.5 Å². The standard InChI is InChI=1S/C20H24N2O2/c1-14(22-10-3-4-11-22)15-6-5-7-16(12-15)17-8-9-19(21-2)18(13-17)20(23)24/h5-9,12-14,21H,3-4,10-11H2,1-2H3,(H,23,24)/t14-/m1/s1. The van der Waals surface area contributed by atoms with Gasteiger partial charge in [-0.15, -0.1) is 0 Å². The van der Waals surface area contributed by atoms with Gasteiger partial charge in [0.05, 0.1) is 5.56 Å². The highest BCUT2D eigenvalue weighted by Crippen LogP contribution is 2.30. The minimum atomic E-state index is -0.914. The van der Waals surface area contributed by atoms with Gasteiger partial charge in [-0.1, -0.05) is 24.3 Å². The summed E-state index contributed by atoms with van der Waals surface area (Å²) in [5.41, 5.74) is 4.20. The number of carboxylic acid groups (broad SMARTS) is 1. The Labute approximate surface area is 143 Å². The molecule has 1 saturated heterocycles. The van der Waals surface area contributed by atoms with Crippen LogP contribution >= 0.6 is 0 Å². The maximum absolute atomic E-state index is 11.5. The second kappa shape index (κ2) is 7.05. The third kappa shape index (κ3) is 3.29. The Bertz CT molecular complexity index is 736. The van der Waals surface area contributed by atoms with Crippen LogP contribution in [-0.2, 0) is 0 Å². The van der Waals surface area contributed by atoms with Crippen molar-refractivity contribution in [1.29, 1.82) is 0 Å². The molecule has 0 unspecified atom stereocenters. The summed E-state index contributed by atoms with van der Waals surface area (Å²) in [5.74, 6) is -0.914. The molecule has 0 bridgehead atoms. The second-order valence-electron chi connectivity index (χ2n) is 6.36. The van der Waals surface area contributed by atoms with E-state index in [0.29, 0.717) is 17.3 Å². The van der Waals surface area contributed by atoms with Gasteiger partial charge in [-0.05, 0) is 67.7 Å². The number of carbonyl (C=O) groups is 1. The number of rotatable bonds is 5. The number of carboxylic acids is 1. The van der Waals surface area contributed by atoms with Crippen LogP contribution < -0.4 is 5.32 Å². The predicted octanol–water partition coefficient (Wildman–Crippen LogP) is 4.25. The molecule has 1 heterocycles. The number of nitrogens with one attached hydrogen (secondary N) is 1. The molecule has 24 heavy (non-hydrogen) atoms. The van der Waals surface area contributed by atoms with E-state index in [-0.39, 0.29) is 0 Å². The number of hydrogen-bond donors (Lipinski definition) is 2. The van der Waals surface area contributed by atoms with Crippen molar-refractivity contribution < 1.29 is 9.90 Å². The maximum atomic E-state index is 11.5. The first-order valence-electron chi connectivity index (χ1n) is 8.49. The predicted molar refractivity (Wildman–Crippen MR) is 97.6 cm³/mol. The lowest BCUT2D eigenvalue weighted by Crippen LogP contribution is -2.23. The molecule has 126 valence electrons. The lowest BCUT2D eigenvalue weighted by Gasteiger charge is -2.24. The van der Waals surface area contributed by atoms with E-state index in [1.165, 1.54) is 18.4 Å². The normalized spacial score (nSPS) is 16.1. The molecule has 3 rings (SSSR count). The monoisotopic (exact) mass is 324 g/mol. The van der Waals surface area contributed by atoms with Gasteiger partial charge in [-0.2, -0.15) is 0 Å². The molecular formula is C20H24N2O2. The van der Waals surface area contributed by atoms with E-state index >= 15 is 0 Å². The Kier molecular flexibility index (Phi) is 4.86. The summed E-state index contributed by atoms with van der Waals surface area (Å²) in [6.45, 7) is 4.56. The molecule has 1 fully saturated rings. The molecule has 4 nitrogen and oxygen atoms in total. The molecule has 1 atom stereocenters. The van der Waals surface area contributed by atoms with Gasteiger partial charge in [-0.3, -0.25) is 4.90 Å². The van der Waals surface area contributed by atoms with Crippen LogP contribution in [0.1, 0.15) is 41.7 Å². The Balaban J connectivity index is 1.94. The smallest absolute Gasteiger partial charge is 0.337 e. The van der Waals surface area contributed by atoms with E-state index in [0.717, 1.165) is 24.2 Å². The van der Waals surface area contributed by atoms with E-state index in [1.807, 2.05) is 18.2 Å². The van der Waals surface area contributed by atoms with Crippen LogP contribution in [0.4, 0.5) is 5.69 Å². The third-order valence-electron chi connectivity index (χ3n) is 4.91. The molecule has 0 aliphatic carbocycles. The number of hydrogen-bond acceptors (Lipinski definition) is 3. The maximum Gasteiger partial charge on any atom is 0.337 e. The highest BCUT2D eigenvalue weighted by molar-refractivity contribution is 5.96. The van der Waals surface area contributed by atoms with Crippen molar-refractivity contribution in [1.82, 2.24) is 4.90 Å². The van der Waals surface area contributed by atoms with Crippen molar-refractivity contribution in [3.8, 4) is 11.1 Å². The summed E-state index contributed by atoms with van der Waals surface area (Å²) in [6.07, 6.45) is 2.55. The average molecular weight is 324 g/mol. The van der Waals surface area contributed by atoms with E-state index in [2.05, 4.69) is 35.3 Å². The quantitative estimate of drug-likeness (QED) is 0.863. The van der Waals surface area contributed by atoms with Crippen molar-refractivity contribution in [3.63, 3.8) is 0 Å². The third-order valence-corrected chi connectivity index (χ3v) is 4.91. The van der Waals surface area contributed by atoms with Crippen molar-refractivity contribution in [2.24, 2.45) is 0 Å². The molecule has 2 aromatic rings. The molecule has 0 saturated carbocycles. The van der Waals surface area contributed by atoms with Gasteiger partial charge < -0.3 is 10.4 Å². The van der Waals surface area contributed by atoms with E-state index in [9.17, 15) is 9.90 Å². The molecule has 2 aromatic carbocycles. The van der Waals surface area contributed by atoms with Gasteiger partial charge in [0.15, 0.2) is 0 Å². The highest BCUT2D eigenvalue weighted by atomic mass is 16.4. The first-order valence-corrected chi connectivity index (χ1v) is 8.49. The zero-order valence-electron chi connectivity index (χ0n) is 14.2. The molecule has 0 aromatic heterocycles. The van der Waals surface area contributed by atoms with Gasteiger partial charge in [0.1, 0.15) is 0 Å². The molecule has 0 spiro atoms. The summed E-state index contributed by atoms with van der Waals surface area (Å²) in [5, 5.41) is 12.3. The highest BCUT2D eigenvalue weighted by Gasteiger charge is 2.19. The Morgan fingerprint density at radius 1 is 1.12 bits per heavy atom. The Morgan fingerprint density at radius 3 is 2.50 bits per heavy atom.